The van der Waals surface area contributed by atoms with Crippen molar-refractivity contribution in [2.24, 2.45) is 0 Å². The number of amides is 2. The third-order valence-corrected chi connectivity index (χ3v) is 5.62. The van der Waals surface area contributed by atoms with E-state index in [0.29, 0.717) is 12.2 Å². The molecule has 2 heterocycles. The van der Waals surface area contributed by atoms with Crippen molar-refractivity contribution in [1.29, 1.82) is 0 Å². The Morgan fingerprint density at radius 2 is 2.00 bits per heavy atom. The van der Waals surface area contributed by atoms with Crippen molar-refractivity contribution >= 4 is 40.4 Å². The van der Waals surface area contributed by atoms with Crippen LogP contribution in [-0.4, -0.2) is 34.5 Å². The largest absolute Gasteiger partial charge is 0.444 e. The molecule has 3 aromatic rings. The number of nitrogens with zero attached hydrogens (tertiary/aromatic N) is 2. The van der Waals surface area contributed by atoms with E-state index in [4.69, 9.17) is 4.74 Å². The molecule has 30 heavy (non-hydrogen) atoms. The highest BCUT2D eigenvalue weighted by Crippen LogP contribution is 2.26. The van der Waals surface area contributed by atoms with Crippen LogP contribution in [0.15, 0.2) is 46.5 Å². The molecule has 0 unspecified atom stereocenters. The first kappa shape index (κ1) is 22.0. The van der Waals surface area contributed by atoms with Crippen molar-refractivity contribution < 1.29 is 14.3 Å². The normalized spacial score (nSPS) is 11.2. The third-order valence-electron chi connectivity index (χ3n) is 4.00. The van der Waals surface area contributed by atoms with Crippen LogP contribution in [0.4, 0.5) is 10.5 Å². The molecule has 0 spiro atoms. The van der Waals surface area contributed by atoms with Gasteiger partial charge in [0.1, 0.15) is 10.6 Å². The second kappa shape index (κ2) is 9.40. The number of benzene rings is 1. The average molecular weight is 444 g/mol. The Hall–Kier alpha value is -2.71. The van der Waals surface area contributed by atoms with E-state index in [1.54, 1.807) is 18.4 Å². The monoisotopic (exact) mass is 443 g/mol. The van der Waals surface area contributed by atoms with Crippen LogP contribution < -0.4 is 5.32 Å². The Morgan fingerprint density at radius 1 is 1.20 bits per heavy atom. The smallest absolute Gasteiger partial charge is 0.410 e. The van der Waals surface area contributed by atoms with Crippen LogP contribution in [0.1, 0.15) is 32.0 Å². The zero-order chi connectivity index (χ0) is 21.7. The first-order chi connectivity index (χ1) is 14.2. The molecule has 0 aliphatic heterocycles. The zero-order valence-electron chi connectivity index (χ0n) is 17.5. The van der Waals surface area contributed by atoms with E-state index in [1.165, 1.54) is 16.2 Å². The van der Waals surface area contributed by atoms with E-state index in [-0.39, 0.29) is 18.4 Å². The van der Waals surface area contributed by atoms with Crippen molar-refractivity contribution in [1.82, 2.24) is 9.88 Å². The van der Waals surface area contributed by atoms with Gasteiger partial charge in [0.05, 0.1) is 12.1 Å². The Balaban J connectivity index is 1.57. The number of ether oxygens (including phenoxy) is 1. The zero-order valence-corrected chi connectivity index (χ0v) is 19.1. The molecule has 0 atom stereocenters. The molecule has 0 saturated heterocycles. The van der Waals surface area contributed by atoms with E-state index in [9.17, 15) is 9.59 Å². The van der Waals surface area contributed by atoms with E-state index in [0.717, 1.165) is 21.8 Å². The number of carbonyl (C=O) groups excluding carboxylic acids is 2. The Kier molecular flexibility index (Phi) is 6.89. The molecule has 158 valence electrons. The van der Waals surface area contributed by atoms with Gasteiger partial charge < -0.3 is 15.0 Å². The summed E-state index contributed by atoms with van der Waals surface area (Å²) in [6.07, 6.45) is -0.176. The Morgan fingerprint density at radius 3 is 2.70 bits per heavy atom. The lowest BCUT2D eigenvalue weighted by atomic mass is 10.2. The van der Waals surface area contributed by atoms with Gasteiger partial charge in [0.15, 0.2) is 0 Å². The average Bonchev–Trinajstić information content (AvgIpc) is 3.32. The second-order valence-electron chi connectivity index (χ2n) is 7.92. The summed E-state index contributed by atoms with van der Waals surface area (Å²) in [6.45, 7) is 5.89. The van der Waals surface area contributed by atoms with Gasteiger partial charge in [0.25, 0.3) is 0 Å². The summed E-state index contributed by atoms with van der Waals surface area (Å²) in [7, 11) is 1.69. The molecule has 0 bridgehead atoms. The predicted molar refractivity (Wildman–Crippen MR) is 122 cm³/mol. The van der Waals surface area contributed by atoms with Gasteiger partial charge in [0, 0.05) is 35.6 Å². The summed E-state index contributed by atoms with van der Waals surface area (Å²) < 4.78 is 5.37. The minimum absolute atomic E-state index is 0.130. The quantitative estimate of drug-likeness (QED) is 0.552. The lowest BCUT2D eigenvalue weighted by Crippen LogP contribution is -2.33. The Bertz CT molecular complexity index is 1010. The fourth-order valence-corrected chi connectivity index (χ4v) is 4.23. The lowest BCUT2D eigenvalue weighted by Gasteiger charge is -2.24. The molecule has 2 amide bonds. The third kappa shape index (κ3) is 6.40. The molecule has 1 N–H and O–H groups in total. The van der Waals surface area contributed by atoms with Crippen LogP contribution in [-0.2, 0) is 22.5 Å². The van der Waals surface area contributed by atoms with Gasteiger partial charge in [-0.15, -0.1) is 11.3 Å². The number of thiazole rings is 1. The van der Waals surface area contributed by atoms with Crippen molar-refractivity contribution in [2.45, 2.75) is 39.3 Å². The summed E-state index contributed by atoms with van der Waals surface area (Å²) in [5.41, 5.74) is 2.87. The van der Waals surface area contributed by atoms with E-state index >= 15 is 0 Å². The number of carbonyl (C=O) groups is 2. The van der Waals surface area contributed by atoms with E-state index < -0.39 is 5.60 Å². The molecule has 0 radical (unpaired) electrons. The number of thiophene rings is 1. The summed E-state index contributed by atoms with van der Waals surface area (Å²) in [6, 6.07) is 9.46. The number of nitrogens with one attached hydrogen (secondary N) is 1. The van der Waals surface area contributed by atoms with Crippen molar-refractivity contribution in [3.63, 3.8) is 0 Å². The standard InChI is InChI=1S/C22H25N3O3S2/c1-22(2,3)28-21(27)25(4)12-15-6-5-7-17(10-15)23-19(26)11-18-14-30-20(24-18)16-8-9-29-13-16/h5-10,13-14H,11-12H2,1-4H3,(H,23,26). The van der Waals surface area contributed by atoms with Crippen molar-refractivity contribution in [3.8, 4) is 10.6 Å². The molecular weight excluding hydrogens is 418 g/mol. The first-order valence-corrected chi connectivity index (χ1v) is 11.3. The van der Waals surface area contributed by atoms with Gasteiger partial charge in [-0.3, -0.25) is 4.79 Å². The number of anilines is 1. The minimum atomic E-state index is -0.542. The molecule has 6 nitrogen and oxygen atoms in total. The second-order valence-corrected chi connectivity index (χ2v) is 9.56. The Labute approximate surface area is 184 Å². The molecule has 3 rings (SSSR count). The maximum Gasteiger partial charge on any atom is 0.410 e. The maximum absolute atomic E-state index is 12.4. The SMILES string of the molecule is CN(Cc1cccc(NC(=O)Cc2csc(-c3ccsc3)n2)c1)C(=O)OC(C)(C)C. The maximum atomic E-state index is 12.4. The first-order valence-electron chi connectivity index (χ1n) is 9.49. The highest BCUT2D eigenvalue weighted by atomic mass is 32.1. The van der Waals surface area contributed by atoms with E-state index in [1.807, 2.05) is 67.2 Å². The van der Waals surface area contributed by atoms with Crippen LogP contribution in [0.3, 0.4) is 0 Å². The molecule has 2 aromatic heterocycles. The van der Waals surface area contributed by atoms with Gasteiger partial charge in [-0.05, 0) is 49.9 Å². The molecule has 1 aromatic carbocycles. The molecule has 0 saturated carbocycles. The predicted octanol–water partition coefficient (Wildman–Crippen LogP) is 5.42. The molecular formula is C22H25N3O3S2. The fourth-order valence-electron chi connectivity index (χ4n) is 2.70. The molecule has 0 fully saturated rings. The van der Waals surface area contributed by atoms with Crippen LogP contribution in [0, 0.1) is 0 Å². The van der Waals surface area contributed by atoms with Gasteiger partial charge in [-0.25, -0.2) is 9.78 Å². The fraction of sp³-hybridized carbons (Fsp3) is 0.318. The van der Waals surface area contributed by atoms with Gasteiger partial charge in [-0.1, -0.05) is 12.1 Å². The van der Waals surface area contributed by atoms with Crippen LogP contribution in [0.5, 0.6) is 0 Å². The number of hydrogen-bond donors (Lipinski definition) is 1. The van der Waals surface area contributed by atoms with Gasteiger partial charge in [-0.2, -0.15) is 11.3 Å². The summed E-state index contributed by atoms with van der Waals surface area (Å²) >= 11 is 3.16. The number of rotatable bonds is 6. The summed E-state index contributed by atoms with van der Waals surface area (Å²) in [4.78, 5) is 30.6. The van der Waals surface area contributed by atoms with Crippen LogP contribution in [0.25, 0.3) is 10.6 Å². The molecule has 0 aliphatic rings. The summed E-state index contributed by atoms with van der Waals surface area (Å²) in [5, 5.41) is 9.80. The lowest BCUT2D eigenvalue weighted by molar-refractivity contribution is -0.115. The van der Waals surface area contributed by atoms with E-state index in [2.05, 4.69) is 10.3 Å². The topological polar surface area (TPSA) is 71.5 Å². The number of hydrogen-bond acceptors (Lipinski definition) is 6. The van der Waals surface area contributed by atoms with Crippen LogP contribution in [0.2, 0.25) is 0 Å². The van der Waals surface area contributed by atoms with Crippen LogP contribution >= 0.6 is 22.7 Å². The number of aromatic nitrogens is 1. The van der Waals surface area contributed by atoms with Crippen molar-refractivity contribution in [2.75, 3.05) is 12.4 Å². The highest BCUT2D eigenvalue weighted by Gasteiger charge is 2.19. The van der Waals surface area contributed by atoms with Crippen molar-refractivity contribution in [3.05, 3.63) is 57.7 Å². The highest BCUT2D eigenvalue weighted by molar-refractivity contribution is 7.14. The van der Waals surface area contributed by atoms with Gasteiger partial charge >= 0.3 is 6.09 Å². The minimum Gasteiger partial charge on any atom is -0.444 e. The van der Waals surface area contributed by atoms with Gasteiger partial charge in [0.2, 0.25) is 5.91 Å². The molecule has 0 aliphatic carbocycles. The summed E-state index contributed by atoms with van der Waals surface area (Å²) in [5.74, 6) is -0.130. The molecule has 8 heteroatoms.